The Hall–Kier alpha value is -4.34. The van der Waals surface area contributed by atoms with E-state index >= 15 is 0 Å². The van der Waals surface area contributed by atoms with Crippen molar-refractivity contribution in [3.63, 3.8) is 0 Å². The zero-order chi connectivity index (χ0) is 30.1. The summed E-state index contributed by atoms with van der Waals surface area (Å²) in [6.45, 7) is -0.731. The van der Waals surface area contributed by atoms with E-state index < -0.39 is 23.6 Å². The first-order valence-electron chi connectivity index (χ1n) is 13.0. The van der Waals surface area contributed by atoms with Crippen molar-refractivity contribution in [3.05, 3.63) is 36.4 Å². The summed E-state index contributed by atoms with van der Waals surface area (Å²) in [4.78, 5) is 60.2. The van der Waals surface area contributed by atoms with Gasteiger partial charge in [-0.25, -0.2) is 15.4 Å². The van der Waals surface area contributed by atoms with Gasteiger partial charge in [-0.3, -0.25) is 24.4 Å². The maximum absolute atomic E-state index is 13.1. The molecule has 42 heavy (non-hydrogen) atoms. The molecule has 0 bridgehead atoms. The smallest absolute Gasteiger partial charge is 0.245 e. The Bertz CT molecular complexity index is 1490. The normalized spacial score (nSPS) is 10.8. The molecule has 0 fully saturated rings. The number of hydrogen-bond donors (Lipinski definition) is 4. The fourth-order valence-corrected chi connectivity index (χ4v) is 5.84. The van der Waals surface area contributed by atoms with E-state index in [2.05, 4.69) is 20.6 Å². The zero-order valence-electron chi connectivity index (χ0n) is 23.0. The summed E-state index contributed by atoms with van der Waals surface area (Å²) in [5, 5.41) is 14.7. The van der Waals surface area contributed by atoms with E-state index in [0.717, 1.165) is 9.40 Å². The molecule has 0 aliphatic rings. The quantitative estimate of drug-likeness (QED) is 0.0937. The van der Waals surface area contributed by atoms with Crippen molar-refractivity contribution in [1.29, 1.82) is 0 Å². The molecule has 2 aromatic heterocycles. The molecule has 2 heterocycles. The lowest BCUT2D eigenvalue weighted by Crippen LogP contribution is -2.42. The van der Waals surface area contributed by atoms with Crippen LogP contribution in [0.4, 0.5) is 10.3 Å². The first-order valence-corrected chi connectivity index (χ1v) is 14.6. The Balaban J connectivity index is 1.40. The number of amides is 4. The number of hydrogen-bond acceptors (Lipinski definition) is 11. The van der Waals surface area contributed by atoms with Crippen LogP contribution in [0, 0.1) is 0 Å². The first-order chi connectivity index (χ1) is 20.3. The van der Waals surface area contributed by atoms with Crippen LogP contribution in [-0.4, -0.2) is 71.0 Å². The molecule has 0 unspecified atom stereocenters. The molecule has 4 amide bonds. The molecule has 4 rings (SSSR count). The average molecular weight is 615 g/mol. The summed E-state index contributed by atoms with van der Waals surface area (Å²) < 4.78 is 12.1. The Kier molecular flexibility index (Phi) is 10.6. The van der Waals surface area contributed by atoms with Crippen LogP contribution in [0.25, 0.3) is 20.4 Å². The summed E-state index contributed by atoms with van der Waals surface area (Å²) in [7, 11) is 3.12. The lowest BCUT2D eigenvalue weighted by atomic mass is 10.1. The van der Waals surface area contributed by atoms with Crippen molar-refractivity contribution in [2.24, 2.45) is 0 Å². The lowest BCUT2D eigenvalue weighted by Gasteiger charge is -2.21. The van der Waals surface area contributed by atoms with E-state index in [4.69, 9.17) is 14.7 Å². The van der Waals surface area contributed by atoms with Gasteiger partial charge in [-0.2, -0.15) is 0 Å². The molecule has 0 aliphatic carbocycles. The SMILES string of the molecule is COc1ccc2nc(NC(=O)CN(CC(=O)Nc3nc4ccc(OC)cc4s3)C(=O)CCCCCC(=O)NO)sc2c1. The molecule has 15 heteroatoms. The van der Waals surface area contributed by atoms with E-state index in [1.54, 1.807) is 44.0 Å². The number of benzene rings is 2. The monoisotopic (exact) mass is 614 g/mol. The molecular weight excluding hydrogens is 584 g/mol. The van der Waals surface area contributed by atoms with Crippen molar-refractivity contribution in [2.75, 3.05) is 37.9 Å². The van der Waals surface area contributed by atoms with Gasteiger partial charge in [0.15, 0.2) is 10.3 Å². The standard InChI is InChI=1S/C27H30N6O7S2/c1-39-16-8-10-18-20(12-16)41-26(28-18)30-23(35)14-33(25(37)7-5-3-4-6-22(34)32-38)15-24(36)31-27-29-19-11-9-17(40-2)13-21(19)42-27/h8-13,38H,3-7,14-15H2,1-2H3,(H,32,34)(H,28,30,35)(H,29,31,36). The maximum Gasteiger partial charge on any atom is 0.245 e. The molecule has 13 nitrogen and oxygen atoms in total. The molecule has 0 radical (unpaired) electrons. The van der Waals surface area contributed by atoms with Crippen molar-refractivity contribution in [2.45, 2.75) is 32.1 Å². The second-order valence-electron chi connectivity index (χ2n) is 9.15. The highest BCUT2D eigenvalue weighted by Gasteiger charge is 2.22. The summed E-state index contributed by atoms with van der Waals surface area (Å²) >= 11 is 2.52. The van der Waals surface area contributed by atoms with Gasteiger partial charge >= 0.3 is 0 Å². The van der Waals surface area contributed by atoms with Crippen molar-refractivity contribution in [3.8, 4) is 11.5 Å². The summed E-state index contributed by atoms with van der Waals surface area (Å²) in [5.41, 5.74) is 2.94. The predicted molar refractivity (Wildman–Crippen MR) is 159 cm³/mol. The molecule has 0 spiro atoms. The van der Waals surface area contributed by atoms with E-state index in [0.29, 0.717) is 52.1 Å². The van der Waals surface area contributed by atoms with Crippen LogP contribution in [-0.2, 0) is 19.2 Å². The number of ether oxygens (including phenoxy) is 2. The predicted octanol–water partition coefficient (Wildman–Crippen LogP) is 3.78. The van der Waals surface area contributed by atoms with Gasteiger partial charge in [-0.15, -0.1) is 0 Å². The highest BCUT2D eigenvalue weighted by molar-refractivity contribution is 7.22. The topological polar surface area (TPSA) is 172 Å². The molecular formula is C27H30N6O7S2. The molecule has 0 atom stereocenters. The minimum absolute atomic E-state index is 0.0726. The van der Waals surface area contributed by atoms with Crippen LogP contribution in [0.5, 0.6) is 11.5 Å². The van der Waals surface area contributed by atoms with E-state index in [1.165, 1.54) is 27.6 Å². The van der Waals surface area contributed by atoms with Gasteiger partial charge in [0, 0.05) is 12.8 Å². The molecule has 2 aromatic carbocycles. The second kappa shape index (κ2) is 14.5. The molecule has 0 saturated heterocycles. The fourth-order valence-electron chi connectivity index (χ4n) is 4.02. The van der Waals surface area contributed by atoms with Gasteiger partial charge in [0.25, 0.3) is 0 Å². The third-order valence-corrected chi connectivity index (χ3v) is 7.99. The van der Waals surface area contributed by atoms with Gasteiger partial charge < -0.3 is 25.0 Å². The van der Waals surface area contributed by atoms with Gasteiger partial charge in [0.1, 0.15) is 24.6 Å². The molecule has 222 valence electrons. The van der Waals surface area contributed by atoms with Crippen LogP contribution < -0.4 is 25.6 Å². The Morgan fingerprint density at radius 3 is 1.74 bits per heavy atom. The number of aromatic nitrogens is 2. The number of carbonyl (C=O) groups excluding carboxylic acids is 4. The minimum atomic E-state index is -0.506. The highest BCUT2D eigenvalue weighted by atomic mass is 32.1. The number of hydroxylamine groups is 1. The average Bonchev–Trinajstić information content (AvgIpc) is 3.57. The summed E-state index contributed by atoms with van der Waals surface area (Å²) in [6.07, 6.45) is 1.67. The third kappa shape index (κ3) is 8.34. The van der Waals surface area contributed by atoms with E-state index in [-0.39, 0.29) is 25.9 Å². The van der Waals surface area contributed by atoms with Gasteiger partial charge in [0.05, 0.1) is 34.7 Å². The first kappa shape index (κ1) is 30.6. The van der Waals surface area contributed by atoms with E-state index in [9.17, 15) is 19.2 Å². The van der Waals surface area contributed by atoms with E-state index in [1.807, 2.05) is 12.1 Å². The highest BCUT2D eigenvalue weighted by Crippen LogP contribution is 2.30. The second-order valence-corrected chi connectivity index (χ2v) is 11.2. The third-order valence-electron chi connectivity index (χ3n) is 6.12. The Morgan fingerprint density at radius 2 is 1.26 bits per heavy atom. The zero-order valence-corrected chi connectivity index (χ0v) is 24.6. The number of methoxy groups -OCH3 is 2. The number of carbonyl (C=O) groups is 4. The molecule has 4 aromatic rings. The number of nitrogens with zero attached hydrogens (tertiary/aromatic N) is 3. The largest absolute Gasteiger partial charge is 0.497 e. The summed E-state index contributed by atoms with van der Waals surface area (Å²) in [5.74, 6) is -0.581. The van der Waals surface area contributed by atoms with Crippen LogP contribution in [0.2, 0.25) is 0 Å². The molecule has 4 N–H and O–H groups in total. The number of nitrogens with one attached hydrogen (secondary N) is 3. The minimum Gasteiger partial charge on any atom is -0.497 e. The van der Waals surface area contributed by atoms with Crippen LogP contribution in [0.15, 0.2) is 36.4 Å². The van der Waals surface area contributed by atoms with Crippen molar-refractivity contribution < 1.29 is 33.9 Å². The summed E-state index contributed by atoms with van der Waals surface area (Å²) in [6, 6.07) is 10.7. The molecule has 0 saturated carbocycles. The van der Waals surface area contributed by atoms with Gasteiger partial charge in [0.2, 0.25) is 23.6 Å². The van der Waals surface area contributed by atoms with Crippen molar-refractivity contribution >= 4 is 77.0 Å². The van der Waals surface area contributed by atoms with Gasteiger partial charge in [-0.05, 0) is 49.2 Å². The van der Waals surface area contributed by atoms with Crippen LogP contribution in [0.1, 0.15) is 32.1 Å². The Morgan fingerprint density at radius 1 is 0.762 bits per heavy atom. The van der Waals surface area contributed by atoms with Crippen molar-refractivity contribution in [1.82, 2.24) is 20.3 Å². The van der Waals surface area contributed by atoms with Crippen LogP contribution >= 0.6 is 22.7 Å². The number of thiazole rings is 2. The number of unbranched alkanes of at least 4 members (excludes halogenated alkanes) is 2. The number of fused-ring (bicyclic) bond motifs is 2. The molecule has 0 aliphatic heterocycles. The van der Waals surface area contributed by atoms with Crippen LogP contribution in [0.3, 0.4) is 0 Å². The van der Waals surface area contributed by atoms with Gasteiger partial charge in [-0.1, -0.05) is 29.1 Å². The lowest BCUT2D eigenvalue weighted by molar-refractivity contribution is -0.137. The number of anilines is 2. The Labute approximate surface area is 248 Å². The maximum atomic E-state index is 13.1. The number of rotatable bonds is 14. The fraction of sp³-hybridized carbons (Fsp3) is 0.333.